The van der Waals surface area contributed by atoms with Crippen molar-refractivity contribution in [3.05, 3.63) is 59.3 Å². The van der Waals surface area contributed by atoms with E-state index >= 15 is 0 Å². The predicted molar refractivity (Wildman–Crippen MR) is 92.0 cm³/mol. The molecule has 0 saturated carbocycles. The molecule has 0 N–H and O–H groups in total. The molecule has 107 valence electrons. The second-order valence-electron chi connectivity index (χ2n) is 7.67. The van der Waals surface area contributed by atoms with Crippen molar-refractivity contribution in [2.45, 2.75) is 44.3 Å². The maximum atomic E-state index is 2.60. The summed E-state index contributed by atoms with van der Waals surface area (Å²) in [4.78, 5) is 0. The van der Waals surface area contributed by atoms with Crippen LogP contribution in [0.25, 0.3) is 0 Å². The quantitative estimate of drug-likeness (QED) is 0.667. The fourth-order valence-electron chi connectivity index (χ4n) is 2.82. The molecule has 1 unspecified atom stereocenters. The van der Waals surface area contributed by atoms with Crippen molar-refractivity contribution in [1.29, 1.82) is 0 Å². The molecule has 1 atom stereocenters. The van der Waals surface area contributed by atoms with E-state index in [4.69, 9.17) is 0 Å². The fourth-order valence-corrected chi connectivity index (χ4v) is 6.42. The van der Waals surface area contributed by atoms with Gasteiger partial charge in [-0.25, -0.2) is 0 Å². The first kappa shape index (κ1) is 17.8. The Hall–Kier alpha value is -0.282. The minimum atomic E-state index is -1.38. The van der Waals surface area contributed by atoms with Crippen LogP contribution in [0, 0.1) is 0 Å². The van der Waals surface area contributed by atoms with Gasteiger partial charge in [-0.05, 0) is 5.56 Å². The minimum Gasteiger partial charge on any atom is -0.0738 e. The maximum Gasteiger partial charge on any atom is 0.0772 e. The predicted octanol–water partition coefficient (Wildman–Crippen LogP) is 5.17. The molecule has 20 heavy (non-hydrogen) atoms. The Morgan fingerprint density at radius 1 is 0.850 bits per heavy atom. The molecular weight excluding hydrogens is 311 g/mol. The molecule has 0 heterocycles. The number of hydrogen-bond donors (Lipinski definition) is 0. The largest absolute Gasteiger partial charge is 0.0772 e. The van der Waals surface area contributed by atoms with Crippen molar-refractivity contribution < 1.29 is 18.6 Å². The molecule has 0 fully saturated rings. The molecule has 1 aromatic carbocycles. The van der Waals surface area contributed by atoms with Gasteiger partial charge in [0, 0.05) is 23.6 Å². The van der Waals surface area contributed by atoms with E-state index in [2.05, 4.69) is 87.8 Å². The van der Waals surface area contributed by atoms with Gasteiger partial charge in [-0.3, -0.25) is 0 Å². The van der Waals surface area contributed by atoms with Crippen LogP contribution in [0.2, 0.25) is 39.3 Å². The molecule has 1 radical (unpaired) electrons. The first-order valence-electron chi connectivity index (χ1n) is 7.15. The van der Waals surface area contributed by atoms with E-state index in [9.17, 15) is 0 Å². The van der Waals surface area contributed by atoms with Crippen molar-refractivity contribution in [3.8, 4) is 0 Å². The van der Waals surface area contributed by atoms with Crippen molar-refractivity contribution >= 4 is 16.1 Å². The van der Waals surface area contributed by atoms with Crippen LogP contribution < -0.4 is 0 Å². The summed E-state index contributed by atoms with van der Waals surface area (Å²) in [5.41, 5.74) is 1.47. The van der Waals surface area contributed by atoms with E-state index in [-0.39, 0.29) is 23.6 Å². The molecule has 0 saturated heterocycles. The summed E-state index contributed by atoms with van der Waals surface area (Å²) in [5.74, 6) is 0. The SMILES string of the molecule is C[Si](C)(C)C1=CC(c2ccccc2)([Si](C)(C)C)C=C1.[V]. The normalized spacial score (nSPS) is 22.4. The molecule has 0 bridgehead atoms. The van der Waals surface area contributed by atoms with Crippen LogP contribution in [0.15, 0.2) is 53.8 Å². The van der Waals surface area contributed by atoms with Crippen LogP contribution >= 0.6 is 0 Å². The van der Waals surface area contributed by atoms with Crippen LogP contribution in [0.5, 0.6) is 0 Å². The summed E-state index contributed by atoms with van der Waals surface area (Å²) in [6, 6.07) is 11.1. The minimum absolute atomic E-state index is 0. The first-order chi connectivity index (χ1) is 8.67. The Bertz CT molecular complexity index is 518. The van der Waals surface area contributed by atoms with Gasteiger partial charge in [-0.1, -0.05) is 93.0 Å². The van der Waals surface area contributed by atoms with Crippen LogP contribution in [0.4, 0.5) is 0 Å². The second kappa shape index (κ2) is 5.84. The molecule has 0 spiro atoms. The third-order valence-electron chi connectivity index (χ3n) is 4.27. The van der Waals surface area contributed by atoms with Gasteiger partial charge >= 0.3 is 0 Å². The summed E-state index contributed by atoms with van der Waals surface area (Å²) in [6.07, 6.45) is 7.50. The van der Waals surface area contributed by atoms with Gasteiger partial charge < -0.3 is 0 Å². The Morgan fingerprint density at radius 2 is 1.40 bits per heavy atom. The summed E-state index contributed by atoms with van der Waals surface area (Å²) in [7, 11) is -2.60. The standard InChI is InChI=1S/C17H26Si2.V/c1-18(2,3)16-12-13-17(14-16,19(4,5)6)15-10-8-7-9-11-15;/h7-14H,1-6H3;. The van der Waals surface area contributed by atoms with Crippen molar-refractivity contribution in [2.75, 3.05) is 0 Å². The number of allylic oxidation sites excluding steroid dienone is 4. The zero-order valence-corrected chi connectivity index (χ0v) is 17.0. The Balaban J connectivity index is 0.00000200. The van der Waals surface area contributed by atoms with Crippen LogP contribution in [0.1, 0.15) is 5.56 Å². The van der Waals surface area contributed by atoms with E-state index in [1.807, 2.05) is 0 Å². The first-order valence-corrected chi connectivity index (χ1v) is 14.1. The molecule has 1 aliphatic rings. The summed E-state index contributed by atoms with van der Waals surface area (Å²) in [6.45, 7) is 14.8. The summed E-state index contributed by atoms with van der Waals surface area (Å²) in [5, 5.41) is 1.79. The molecule has 1 aromatic rings. The number of rotatable bonds is 3. The van der Waals surface area contributed by atoms with Crippen LogP contribution in [-0.2, 0) is 23.6 Å². The topological polar surface area (TPSA) is 0 Å². The molecule has 2 rings (SSSR count). The Morgan fingerprint density at radius 3 is 1.80 bits per heavy atom. The van der Waals surface area contributed by atoms with Gasteiger partial charge in [-0.15, -0.1) is 0 Å². The zero-order valence-electron chi connectivity index (χ0n) is 13.6. The zero-order chi connectivity index (χ0) is 14.3. The monoisotopic (exact) mass is 337 g/mol. The van der Waals surface area contributed by atoms with Crippen molar-refractivity contribution in [3.63, 3.8) is 0 Å². The van der Waals surface area contributed by atoms with E-state index < -0.39 is 16.1 Å². The number of benzene rings is 1. The second-order valence-corrected chi connectivity index (χ2v) is 18.1. The van der Waals surface area contributed by atoms with Crippen LogP contribution in [-0.4, -0.2) is 16.1 Å². The number of hydrogen-bond acceptors (Lipinski definition) is 0. The molecule has 0 amide bonds. The molecule has 0 nitrogen and oxygen atoms in total. The van der Waals surface area contributed by atoms with Gasteiger partial charge in [0.05, 0.1) is 16.1 Å². The molecule has 0 aliphatic heterocycles. The van der Waals surface area contributed by atoms with Crippen LogP contribution in [0.3, 0.4) is 0 Å². The van der Waals surface area contributed by atoms with Gasteiger partial charge in [0.1, 0.15) is 0 Å². The van der Waals surface area contributed by atoms with Gasteiger partial charge in [-0.2, -0.15) is 0 Å². The van der Waals surface area contributed by atoms with Gasteiger partial charge in [0.25, 0.3) is 0 Å². The average Bonchev–Trinajstić information content (AvgIpc) is 2.75. The Kier molecular flexibility index (Phi) is 5.19. The van der Waals surface area contributed by atoms with E-state index in [1.165, 1.54) is 5.56 Å². The maximum absolute atomic E-state index is 2.60. The van der Waals surface area contributed by atoms with E-state index in [0.29, 0.717) is 0 Å². The summed E-state index contributed by atoms with van der Waals surface area (Å²) < 4.78 is 0. The van der Waals surface area contributed by atoms with Gasteiger partial charge in [0.15, 0.2) is 0 Å². The van der Waals surface area contributed by atoms with Crippen molar-refractivity contribution in [1.82, 2.24) is 0 Å². The molecule has 3 heteroatoms. The smallest absolute Gasteiger partial charge is 0.0738 e. The average molecular weight is 338 g/mol. The van der Waals surface area contributed by atoms with E-state index in [0.717, 1.165) is 0 Å². The Labute approximate surface area is 138 Å². The van der Waals surface area contributed by atoms with Crippen molar-refractivity contribution in [2.24, 2.45) is 0 Å². The molecule has 1 aliphatic carbocycles. The fraction of sp³-hybridized carbons (Fsp3) is 0.412. The molecular formula is C17H26Si2V. The third-order valence-corrected chi connectivity index (χ3v) is 9.39. The van der Waals surface area contributed by atoms with E-state index in [1.54, 1.807) is 5.20 Å². The molecule has 0 aromatic heterocycles. The summed E-state index contributed by atoms with van der Waals surface area (Å²) >= 11 is 0. The van der Waals surface area contributed by atoms with Gasteiger partial charge in [0.2, 0.25) is 0 Å². The third kappa shape index (κ3) is 3.14.